The number of aromatic nitrogens is 4. The minimum atomic E-state index is -1.23. The molecule has 5 atom stereocenters. The summed E-state index contributed by atoms with van der Waals surface area (Å²) in [6, 6.07) is -4.13. The minimum Gasteiger partial charge on any atom is -0.480 e. The van der Waals surface area contributed by atoms with Crippen molar-refractivity contribution in [3.8, 4) is 0 Å². The van der Waals surface area contributed by atoms with Crippen molar-refractivity contribution < 1.29 is 24.3 Å². The standard InChI is InChI=1S/C21H32N8O5/c1-4-11(2)17(20(32)28-16(21(33)34)6-14-8-24-10-26-14)29-19(31)15(27-18(30)12(3)22)5-13-7-23-9-25-13/h7-12,15-17H,4-6,22H2,1-3H3,(H,23,25)(H,24,26)(H,27,30)(H,28,32)(H,29,31)(H,33,34). The molecule has 0 radical (unpaired) electrons. The van der Waals surface area contributed by atoms with Crippen molar-refractivity contribution in [2.75, 3.05) is 0 Å². The van der Waals surface area contributed by atoms with E-state index in [0.29, 0.717) is 17.8 Å². The molecule has 0 aromatic carbocycles. The summed E-state index contributed by atoms with van der Waals surface area (Å²) >= 11 is 0. The van der Waals surface area contributed by atoms with Crippen LogP contribution in [-0.4, -0.2) is 72.9 Å². The summed E-state index contributed by atoms with van der Waals surface area (Å²) in [4.78, 5) is 63.5. The molecule has 2 aromatic rings. The van der Waals surface area contributed by atoms with Crippen LogP contribution in [0.5, 0.6) is 0 Å². The van der Waals surface area contributed by atoms with E-state index in [1.54, 1.807) is 6.92 Å². The summed E-state index contributed by atoms with van der Waals surface area (Å²) in [5.41, 5.74) is 6.76. The van der Waals surface area contributed by atoms with E-state index in [9.17, 15) is 24.3 Å². The van der Waals surface area contributed by atoms with E-state index in [4.69, 9.17) is 5.73 Å². The molecule has 2 aromatic heterocycles. The molecule has 0 bridgehead atoms. The molecule has 34 heavy (non-hydrogen) atoms. The highest BCUT2D eigenvalue weighted by atomic mass is 16.4. The number of amides is 3. The molecule has 13 nitrogen and oxygen atoms in total. The molecule has 3 amide bonds. The second-order valence-electron chi connectivity index (χ2n) is 8.18. The maximum atomic E-state index is 13.1. The number of nitrogens with two attached hydrogens (primary N) is 1. The van der Waals surface area contributed by atoms with Crippen LogP contribution in [0.1, 0.15) is 38.6 Å². The van der Waals surface area contributed by atoms with Crippen LogP contribution < -0.4 is 21.7 Å². The van der Waals surface area contributed by atoms with E-state index >= 15 is 0 Å². The highest BCUT2D eigenvalue weighted by Crippen LogP contribution is 2.11. The number of nitrogens with zero attached hydrogens (tertiary/aromatic N) is 2. The highest BCUT2D eigenvalue weighted by Gasteiger charge is 2.33. The first-order valence-electron chi connectivity index (χ1n) is 11.0. The Bertz CT molecular complexity index is 945. The molecule has 2 heterocycles. The fourth-order valence-electron chi connectivity index (χ4n) is 3.16. The summed E-state index contributed by atoms with van der Waals surface area (Å²) in [5.74, 6) is -3.33. The van der Waals surface area contributed by atoms with E-state index in [2.05, 4.69) is 35.9 Å². The van der Waals surface area contributed by atoms with E-state index in [0.717, 1.165) is 0 Å². The minimum absolute atomic E-state index is 0.00482. The Kier molecular flexibility index (Phi) is 9.74. The molecule has 13 heteroatoms. The summed E-state index contributed by atoms with van der Waals surface area (Å²) in [5, 5.41) is 17.3. The van der Waals surface area contributed by atoms with Gasteiger partial charge in [-0.25, -0.2) is 14.8 Å². The van der Waals surface area contributed by atoms with Gasteiger partial charge in [-0.3, -0.25) is 14.4 Å². The SMILES string of the molecule is CCC(C)C(NC(=O)C(Cc1cnc[nH]1)NC(=O)C(C)N)C(=O)NC(Cc1cnc[nH]1)C(=O)O. The number of carbonyl (C=O) groups is 4. The van der Waals surface area contributed by atoms with Crippen LogP contribution in [0.3, 0.4) is 0 Å². The van der Waals surface area contributed by atoms with Crippen LogP contribution in [-0.2, 0) is 32.0 Å². The third-order valence-corrected chi connectivity index (χ3v) is 5.41. The summed E-state index contributed by atoms with van der Waals surface area (Å²) in [6.45, 7) is 5.09. The van der Waals surface area contributed by atoms with Gasteiger partial charge in [-0.1, -0.05) is 20.3 Å². The lowest BCUT2D eigenvalue weighted by molar-refractivity contribution is -0.142. The number of hydrogen-bond donors (Lipinski definition) is 7. The van der Waals surface area contributed by atoms with Gasteiger partial charge in [0.15, 0.2) is 0 Å². The zero-order chi connectivity index (χ0) is 25.3. The lowest BCUT2D eigenvalue weighted by Crippen LogP contribution is -2.59. The number of carboxylic acids is 1. The number of rotatable bonds is 13. The van der Waals surface area contributed by atoms with Crippen LogP contribution >= 0.6 is 0 Å². The summed E-state index contributed by atoms with van der Waals surface area (Å²) in [7, 11) is 0. The van der Waals surface area contributed by atoms with Crippen molar-refractivity contribution in [1.29, 1.82) is 0 Å². The average Bonchev–Trinajstić information content (AvgIpc) is 3.49. The predicted octanol–water partition coefficient (Wildman–Crippen LogP) is -1.15. The summed E-state index contributed by atoms with van der Waals surface area (Å²) < 4.78 is 0. The van der Waals surface area contributed by atoms with E-state index in [1.807, 2.05) is 6.92 Å². The van der Waals surface area contributed by atoms with Gasteiger partial charge in [0.2, 0.25) is 17.7 Å². The van der Waals surface area contributed by atoms with Gasteiger partial charge < -0.3 is 36.8 Å². The van der Waals surface area contributed by atoms with Crippen LogP contribution in [0, 0.1) is 5.92 Å². The van der Waals surface area contributed by atoms with Gasteiger partial charge in [0.1, 0.15) is 18.1 Å². The third-order valence-electron chi connectivity index (χ3n) is 5.41. The van der Waals surface area contributed by atoms with Crippen molar-refractivity contribution in [2.24, 2.45) is 11.7 Å². The Hall–Kier alpha value is -3.74. The zero-order valence-corrected chi connectivity index (χ0v) is 19.4. The number of hydrogen-bond acceptors (Lipinski definition) is 7. The number of nitrogens with one attached hydrogen (secondary N) is 5. The van der Waals surface area contributed by atoms with Gasteiger partial charge in [-0.2, -0.15) is 0 Å². The zero-order valence-electron chi connectivity index (χ0n) is 19.4. The molecule has 0 aliphatic rings. The number of H-pyrrole nitrogens is 2. The average molecular weight is 477 g/mol. The maximum absolute atomic E-state index is 13.1. The van der Waals surface area contributed by atoms with Gasteiger partial charge in [0, 0.05) is 36.6 Å². The first kappa shape index (κ1) is 26.5. The Balaban J connectivity index is 2.17. The van der Waals surface area contributed by atoms with Crippen molar-refractivity contribution >= 4 is 23.7 Å². The first-order valence-corrected chi connectivity index (χ1v) is 11.0. The lowest BCUT2D eigenvalue weighted by Gasteiger charge is -2.27. The second-order valence-corrected chi connectivity index (χ2v) is 8.18. The van der Waals surface area contributed by atoms with Gasteiger partial charge in [-0.15, -0.1) is 0 Å². The number of aromatic amines is 2. The van der Waals surface area contributed by atoms with Crippen LogP contribution in [0.2, 0.25) is 0 Å². The van der Waals surface area contributed by atoms with Gasteiger partial charge >= 0.3 is 5.97 Å². The molecule has 5 unspecified atom stereocenters. The quantitative estimate of drug-likeness (QED) is 0.187. The number of aliphatic carboxylic acids is 1. The number of carboxylic acid groups (broad SMARTS) is 1. The van der Waals surface area contributed by atoms with Gasteiger partial charge in [-0.05, 0) is 12.8 Å². The molecule has 0 aliphatic heterocycles. The fourth-order valence-corrected chi connectivity index (χ4v) is 3.16. The lowest BCUT2D eigenvalue weighted by atomic mass is 9.97. The topological polar surface area (TPSA) is 208 Å². The molecule has 186 valence electrons. The van der Waals surface area contributed by atoms with Crippen LogP contribution in [0.15, 0.2) is 25.0 Å². The molecule has 0 fully saturated rings. The number of carbonyl (C=O) groups excluding carboxylic acids is 3. The third kappa shape index (κ3) is 7.69. The normalized spacial score (nSPS) is 15.4. The fraction of sp³-hybridized carbons (Fsp3) is 0.524. The van der Waals surface area contributed by atoms with Gasteiger partial charge in [0.05, 0.1) is 18.7 Å². The van der Waals surface area contributed by atoms with Crippen LogP contribution in [0.25, 0.3) is 0 Å². The molecule has 0 saturated carbocycles. The van der Waals surface area contributed by atoms with Crippen molar-refractivity contribution in [3.63, 3.8) is 0 Å². The monoisotopic (exact) mass is 476 g/mol. The molecular formula is C21H32N8O5. The van der Waals surface area contributed by atoms with Gasteiger partial charge in [0.25, 0.3) is 0 Å². The van der Waals surface area contributed by atoms with E-state index in [1.165, 1.54) is 32.0 Å². The van der Waals surface area contributed by atoms with Crippen molar-refractivity contribution in [2.45, 2.75) is 64.2 Å². The van der Waals surface area contributed by atoms with E-state index < -0.39 is 47.9 Å². The smallest absolute Gasteiger partial charge is 0.326 e. The van der Waals surface area contributed by atoms with Crippen LogP contribution in [0.4, 0.5) is 0 Å². The molecule has 2 rings (SSSR count). The first-order chi connectivity index (χ1) is 16.1. The van der Waals surface area contributed by atoms with Crippen molar-refractivity contribution in [1.82, 2.24) is 35.9 Å². The van der Waals surface area contributed by atoms with E-state index in [-0.39, 0.29) is 18.8 Å². The largest absolute Gasteiger partial charge is 0.480 e. The second kappa shape index (κ2) is 12.5. The number of imidazole rings is 2. The Labute approximate surface area is 196 Å². The molecule has 0 saturated heterocycles. The Morgan fingerprint density at radius 1 is 0.912 bits per heavy atom. The molecule has 8 N–H and O–H groups in total. The Morgan fingerprint density at radius 3 is 1.88 bits per heavy atom. The maximum Gasteiger partial charge on any atom is 0.326 e. The highest BCUT2D eigenvalue weighted by molar-refractivity contribution is 5.94. The summed E-state index contributed by atoms with van der Waals surface area (Å²) in [6.07, 6.45) is 6.47. The Morgan fingerprint density at radius 2 is 1.44 bits per heavy atom. The molecular weight excluding hydrogens is 444 g/mol. The molecule has 0 spiro atoms. The van der Waals surface area contributed by atoms with Crippen molar-refractivity contribution in [3.05, 3.63) is 36.4 Å². The molecule has 0 aliphatic carbocycles. The predicted molar refractivity (Wildman–Crippen MR) is 121 cm³/mol.